The van der Waals surface area contributed by atoms with Crippen LogP contribution in [0.25, 0.3) is 6.08 Å². The second-order valence-corrected chi connectivity index (χ2v) is 5.98. The zero-order valence-electron chi connectivity index (χ0n) is 15.6. The van der Waals surface area contributed by atoms with E-state index in [1.54, 1.807) is 26.4 Å². The first kappa shape index (κ1) is 19.4. The highest BCUT2D eigenvalue weighted by Crippen LogP contribution is 2.27. The summed E-state index contributed by atoms with van der Waals surface area (Å²) >= 11 is 0. The fourth-order valence-electron chi connectivity index (χ4n) is 2.33. The summed E-state index contributed by atoms with van der Waals surface area (Å²) in [5.41, 5.74) is 1.86. The van der Waals surface area contributed by atoms with Gasteiger partial charge in [0.1, 0.15) is 5.75 Å². The maximum absolute atomic E-state index is 12.0. The van der Waals surface area contributed by atoms with Crippen molar-refractivity contribution in [3.8, 4) is 17.2 Å². The Bertz CT molecular complexity index is 751. The molecule has 1 amide bonds. The summed E-state index contributed by atoms with van der Waals surface area (Å²) in [4.78, 5) is 12.0. The minimum atomic E-state index is -0.165. The van der Waals surface area contributed by atoms with Gasteiger partial charge in [-0.25, -0.2) is 0 Å². The van der Waals surface area contributed by atoms with Crippen molar-refractivity contribution in [2.45, 2.75) is 26.5 Å². The van der Waals surface area contributed by atoms with Gasteiger partial charge in [0, 0.05) is 12.6 Å². The summed E-state index contributed by atoms with van der Waals surface area (Å²) < 4.78 is 16.0. The highest BCUT2D eigenvalue weighted by molar-refractivity contribution is 5.91. The second kappa shape index (κ2) is 9.51. The van der Waals surface area contributed by atoms with Crippen LogP contribution in [0.4, 0.5) is 0 Å². The number of rotatable bonds is 8. The third-order valence-electron chi connectivity index (χ3n) is 3.60. The molecule has 2 aromatic carbocycles. The van der Waals surface area contributed by atoms with Gasteiger partial charge in [0.15, 0.2) is 11.5 Å². The Morgan fingerprint density at radius 2 is 1.73 bits per heavy atom. The lowest BCUT2D eigenvalue weighted by Crippen LogP contribution is -2.20. The first-order valence-electron chi connectivity index (χ1n) is 8.45. The van der Waals surface area contributed by atoms with Gasteiger partial charge in [0.05, 0.1) is 20.3 Å². The molecule has 0 saturated heterocycles. The van der Waals surface area contributed by atoms with Crippen LogP contribution in [-0.2, 0) is 11.3 Å². The summed E-state index contributed by atoms with van der Waals surface area (Å²) in [6.07, 6.45) is 3.37. The normalized spacial score (nSPS) is 10.8. The molecule has 2 rings (SSSR count). The molecule has 26 heavy (non-hydrogen) atoms. The molecule has 0 bridgehead atoms. The van der Waals surface area contributed by atoms with Crippen molar-refractivity contribution in [1.29, 1.82) is 0 Å². The Kier molecular flexibility index (Phi) is 7.09. The van der Waals surface area contributed by atoms with Crippen molar-refractivity contribution in [2.75, 3.05) is 14.2 Å². The molecule has 0 aliphatic carbocycles. The van der Waals surface area contributed by atoms with Gasteiger partial charge in [-0.3, -0.25) is 4.79 Å². The van der Waals surface area contributed by atoms with E-state index in [-0.39, 0.29) is 12.0 Å². The third kappa shape index (κ3) is 5.84. The highest BCUT2D eigenvalue weighted by Gasteiger charge is 2.03. The van der Waals surface area contributed by atoms with Crippen LogP contribution in [0.15, 0.2) is 48.5 Å². The number of methoxy groups -OCH3 is 2. The number of carbonyl (C=O) groups is 1. The molecular weight excluding hydrogens is 330 g/mol. The molecule has 0 fully saturated rings. The first-order chi connectivity index (χ1) is 12.5. The molecular formula is C21H25NO4. The van der Waals surface area contributed by atoms with Crippen molar-refractivity contribution in [3.05, 3.63) is 59.7 Å². The predicted octanol–water partition coefficient (Wildman–Crippen LogP) is 3.82. The van der Waals surface area contributed by atoms with Crippen LogP contribution in [0.3, 0.4) is 0 Å². The van der Waals surface area contributed by atoms with E-state index in [0.717, 1.165) is 16.9 Å². The van der Waals surface area contributed by atoms with E-state index in [1.165, 1.54) is 6.08 Å². The lowest BCUT2D eigenvalue weighted by Gasteiger charge is -2.10. The summed E-state index contributed by atoms with van der Waals surface area (Å²) in [5, 5.41) is 2.86. The van der Waals surface area contributed by atoms with Crippen molar-refractivity contribution in [3.63, 3.8) is 0 Å². The molecule has 2 aromatic rings. The van der Waals surface area contributed by atoms with Crippen LogP contribution in [-0.4, -0.2) is 26.2 Å². The lowest BCUT2D eigenvalue weighted by molar-refractivity contribution is -0.116. The average molecular weight is 355 g/mol. The summed E-state index contributed by atoms with van der Waals surface area (Å²) in [5.74, 6) is 1.93. The Balaban J connectivity index is 1.89. The maximum Gasteiger partial charge on any atom is 0.244 e. The Labute approximate surface area is 154 Å². The smallest absolute Gasteiger partial charge is 0.244 e. The molecule has 0 heterocycles. The molecule has 0 saturated carbocycles. The number of ether oxygens (including phenoxy) is 3. The molecule has 5 nitrogen and oxygen atoms in total. The van der Waals surface area contributed by atoms with Crippen LogP contribution in [0.2, 0.25) is 0 Å². The Hall–Kier alpha value is -2.95. The SMILES string of the molecule is COc1ccc(/C=C/C(=O)NCc2ccc(OC(C)C)cc2)cc1OC. The number of benzene rings is 2. The van der Waals surface area contributed by atoms with Crippen molar-refractivity contribution in [1.82, 2.24) is 5.32 Å². The molecule has 138 valence electrons. The molecule has 0 aliphatic heterocycles. The molecule has 1 N–H and O–H groups in total. The quantitative estimate of drug-likeness (QED) is 0.732. The molecule has 0 aromatic heterocycles. The average Bonchev–Trinajstić information content (AvgIpc) is 2.65. The molecule has 0 atom stereocenters. The van der Waals surface area contributed by atoms with Gasteiger partial charge in [-0.2, -0.15) is 0 Å². The van der Waals surface area contributed by atoms with E-state index in [2.05, 4.69) is 5.32 Å². The summed E-state index contributed by atoms with van der Waals surface area (Å²) in [6, 6.07) is 13.2. The minimum absolute atomic E-state index is 0.141. The fourth-order valence-corrected chi connectivity index (χ4v) is 2.33. The zero-order chi connectivity index (χ0) is 18.9. The van der Waals surface area contributed by atoms with Gasteiger partial charge in [-0.1, -0.05) is 18.2 Å². The predicted molar refractivity (Wildman–Crippen MR) is 103 cm³/mol. The van der Waals surface area contributed by atoms with E-state index in [9.17, 15) is 4.79 Å². The van der Waals surface area contributed by atoms with Gasteiger partial charge in [0.2, 0.25) is 5.91 Å². The largest absolute Gasteiger partial charge is 0.493 e. The van der Waals surface area contributed by atoms with Crippen molar-refractivity contribution < 1.29 is 19.0 Å². The number of carbonyl (C=O) groups excluding carboxylic acids is 1. The van der Waals surface area contributed by atoms with Crippen molar-refractivity contribution in [2.24, 2.45) is 0 Å². The number of hydrogen-bond acceptors (Lipinski definition) is 4. The monoisotopic (exact) mass is 355 g/mol. The van der Waals surface area contributed by atoms with E-state index in [0.29, 0.717) is 18.0 Å². The highest BCUT2D eigenvalue weighted by atomic mass is 16.5. The lowest BCUT2D eigenvalue weighted by atomic mass is 10.2. The minimum Gasteiger partial charge on any atom is -0.493 e. The van der Waals surface area contributed by atoms with E-state index in [1.807, 2.05) is 50.2 Å². The molecule has 0 spiro atoms. The van der Waals surface area contributed by atoms with Crippen LogP contribution >= 0.6 is 0 Å². The van der Waals surface area contributed by atoms with Crippen LogP contribution < -0.4 is 19.5 Å². The second-order valence-electron chi connectivity index (χ2n) is 5.98. The Morgan fingerprint density at radius 1 is 1.04 bits per heavy atom. The third-order valence-corrected chi connectivity index (χ3v) is 3.60. The van der Waals surface area contributed by atoms with Gasteiger partial charge in [-0.15, -0.1) is 0 Å². The number of amides is 1. The summed E-state index contributed by atoms with van der Waals surface area (Å²) in [6.45, 7) is 4.43. The van der Waals surface area contributed by atoms with Gasteiger partial charge >= 0.3 is 0 Å². The van der Waals surface area contributed by atoms with Gasteiger partial charge < -0.3 is 19.5 Å². The summed E-state index contributed by atoms with van der Waals surface area (Å²) in [7, 11) is 3.16. The molecule has 0 aliphatic rings. The first-order valence-corrected chi connectivity index (χ1v) is 8.45. The van der Waals surface area contributed by atoms with E-state index in [4.69, 9.17) is 14.2 Å². The van der Waals surface area contributed by atoms with Gasteiger partial charge in [0.25, 0.3) is 0 Å². The van der Waals surface area contributed by atoms with E-state index >= 15 is 0 Å². The standard InChI is InChI=1S/C21H25NO4/c1-15(2)26-18-9-5-17(6-10-18)14-22-21(23)12-8-16-7-11-19(24-3)20(13-16)25-4/h5-13,15H,14H2,1-4H3,(H,22,23)/b12-8+. The number of hydrogen-bond donors (Lipinski definition) is 1. The van der Waals surface area contributed by atoms with Crippen LogP contribution in [0.1, 0.15) is 25.0 Å². The van der Waals surface area contributed by atoms with Crippen molar-refractivity contribution >= 4 is 12.0 Å². The Morgan fingerprint density at radius 3 is 2.35 bits per heavy atom. The number of nitrogens with one attached hydrogen (secondary N) is 1. The topological polar surface area (TPSA) is 56.8 Å². The molecule has 0 radical (unpaired) electrons. The molecule has 0 unspecified atom stereocenters. The maximum atomic E-state index is 12.0. The van der Waals surface area contributed by atoms with Gasteiger partial charge in [-0.05, 0) is 55.3 Å². The van der Waals surface area contributed by atoms with Crippen LogP contribution in [0, 0.1) is 0 Å². The zero-order valence-corrected chi connectivity index (χ0v) is 15.6. The molecule has 5 heteroatoms. The van der Waals surface area contributed by atoms with E-state index < -0.39 is 0 Å². The van der Waals surface area contributed by atoms with Crippen LogP contribution in [0.5, 0.6) is 17.2 Å². The fraction of sp³-hybridized carbons (Fsp3) is 0.286.